The molecule has 2 aromatic carbocycles. The van der Waals surface area contributed by atoms with E-state index in [2.05, 4.69) is 0 Å². The van der Waals surface area contributed by atoms with Crippen molar-refractivity contribution in [2.24, 2.45) is 0 Å². The van der Waals surface area contributed by atoms with Crippen LogP contribution in [0.25, 0.3) is 0 Å². The minimum atomic E-state index is -1.43. The summed E-state index contributed by atoms with van der Waals surface area (Å²) in [5.74, 6) is -2.44. The van der Waals surface area contributed by atoms with Gasteiger partial charge in [0.25, 0.3) is 11.6 Å². The molecule has 2 rings (SSSR count). The Bertz CT molecular complexity index is 789. The van der Waals surface area contributed by atoms with Crippen LogP contribution < -0.4 is 4.90 Å². The zero-order valence-corrected chi connectivity index (χ0v) is 11.9. The minimum absolute atomic E-state index is 0.149. The fourth-order valence-electron chi connectivity index (χ4n) is 1.96. The highest BCUT2D eigenvalue weighted by Gasteiger charge is 2.23. The van der Waals surface area contributed by atoms with Gasteiger partial charge in [-0.05, 0) is 36.4 Å². The first-order valence-electron chi connectivity index (χ1n) is 6.36. The molecule has 2 aromatic rings. The number of carboxylic acids is 1. The Morgan fingerprint density at radius 1 is 1.17 bits per heavy atom. The van der Waals surface area contributed by atoms with Crippen LogP contribution in [0.2, 0.25) is 0 Å². The molecule has 1 amide bonds. The molecule has 0 saturated heterocycles. The molecule has 0 spiro atoms. The first-order chi connectivity index (χ1) is 10.8. The van der Waals surface area contributed by atoms with Crippen LogP contribution in [0.1, 0.15) is 20.7 Å². The number of nitrogens with zero attached hydrogens (tertiary/aromatic N) is 2. The number of hydrogen-bond donors (Lipinski definition) is 1. The molecule has 8 heteroatoms. The number of amides is 1. The largest absolute Gasteiger partial charge is 0.477 e. The number of aromatic carboxylic acids is 1. The quantitative estimate of drug-likeness (QED) is 0.690. The van der Waals surface area contributed by atoms with Crippen molar-refractivity contribution in [3.63, 3.8) is 0 Å². The lowest BCUT2D eigenvalue weighted by Gasteiger charge is -2.17. The van der Waals surface area contributed by atoms with Crippen LogP contribution in [0.3, 0.4) is 0 Å². The van der Waals surface area contributed by atoms with Crippen LogP contribution in [-0.4, -0.2) is 29.0 Å². The van der Waals surface area contributed by atoms with E-state index in [0.29, 0.717) is 0 Å². The molecule has 0 bridgehead atoms. The predicted molar refractivity (Wildman–Crippen MR) is 79.2 cm³/mol. The number of rotatable bonds is 4. The third kappa shape index (κ3) is 3.31. The van der Waals surface area contributed by atoms with Gasteiger partial charge in [-0.15, -0.1) is 0 Å². The average Bonchev–Trinajstić information content (AvgIpc) is 2.53. The summed E-state index contributed by atoms with van der Waals surface area (Å²) in [5.41, 5.74) is -0.745. The lowest BCUT2D eigenvalue weighted by molar-refractivity contribution is -0.385. The van der Waals surface area contributed by atoms with E-state index >= 15 is 0 Å². The lowest BCUT2D eigenvalue weighted by Crippen LogP contribution is -2.26. The zero-order chi connectivity index (χ0) is 17.1. The Hall–Kier alpha value is -3.29. The van der Waals surface area contributed by atoms with Gasteiger partial charge >= 0.3 is 5.97 Å². The van der Waals surface area contributed by atoms with E-state index in [-0.39, 0.29) is 11.3 Å². The van der Waals surface area contributed by atoms with Crippen molar-refractivity contribution in [1.82, 2.24) is 0 Å². The summed E-state index contributed by atoms with van der Waals surface area (Å²) >= 11 is 0. The molecule has 7 nitrogen and oxygen atoms in total. The van der Waals surface area contributed by atoms with Gasteiger partial charge in [-0.2, -0.15) is 0 Å². The summed E-state index contributed by atoms with van der Waals surface area (Å²) in [6.07, 6.45) is 0. The number of nitro benzene ring substituents is 1. The highest BCUT2D eigenvalue weighted by molar-refractivity contribution is 6.06. The average molecular weight is 318 g/mol. The van der Waals surface area contributed by atoms with Gasteiger partial charge in [-0.3, -0.25) is 14.9 Å². The minimum Gasteiger partial charge on any atom is -0.477 e. The summed E-state index contributed by atoms with van der Waals surface area (Å²) < 4.78 is 12.9. The molecule has 0 radical (unpaired) electrons. The van der Waals surface area contributed by atoms with E-state index in [4.69, 9.17) is 5.11 Å². The van der Waals surface area contributed by atoms with Gasteiger partial charge in [0.15, 0.2) is 0 Å². The molecule has 118 valence electrons. The predicted octanol–water partition coefficient (Wildman–Crippen LogP) is 2.71. The molecule has 0 fully saturated rings. The zero-order valence-electron chi connectivity index (χ0n) is 11.9. The smallest absolute Gasteiger partial charge is 0.342 e. The highest BCUT2D eigenvalue weighted by Crippen LogP contribution is 2.26. The van der Waals surface area contributed by atoms with Crippen LogP contribution in [-0.2, 0) is 0 Å². The standard InChI is InChI=1S/C15H11FN2O5/c1-17(14(19)9-2-4-10(16)5-3-9)11-6-7-12(15(20)21)13(8-11)18(22)23/h2-8H,1H3,(H,20,21). The maximum absolute atomic E-state index is 12.9. The van der Waals surface area contributed by atoms with E-state index in [0.717, 1.165) is 29.2 Å². The van der Waals surface area contributed by atoms with Gasteiger partial charge in [0.05, 0.1) is 10.6 Å². The Balaban J connectivity index is 2.39. The molecule has 1 N–H and O–H groups in total. The van der Waals surface area contributed by atoms with Crippen LogP contribution in [0.4, 0.5) is 15.8 Å². The van der Waals surface area contributed by atoms with Crippen LogP contribution in [0.15, 0.2) is 42.5 Å². The second-order valence-electron chi connectivity index (χ2n) is 4.63. The molecule has 0 aliphatic carbocycles. The topological polar surface area (TPSA) is 101 Å². The molecular weight excluding hydrogens is 307 g/mol. The van der Waals surface area contributed by atoms with E-state index in [1.165, 1.54) is 25.2 Å². The molecule has 0 aliphatic rings. The summed E-state index contributed by atoms with van der Waals surface area (Å²) in [6, 6.07) is 8.17. The fourth-order valence-corrected chi connectivity index (χ4v) is 1.96. The van der Waals surface area contributed by atoms with Crippen LogP contribution in [0, 0.1) is 15.9 Å². The van der Waals surface area contributed by atoms with Crippen LogP contribution >= 0.6 is 0 Å². The van der Waals surface area contributed by atoms with Gasteiger partial charge in [0.1, 0.15) is 11.4 Å². The van der Waals surface area contributed by atoms with Gasteiger partial charge in [-0.25, -0.2) is 9.18 Å². The van der Waals surface area contributed by atoms with Gasteiger partial charge in [0, 0.05) is 18.7 Å². The van der Waals surface area contributed by atoms with Crippen molar-refractivity contribution in [1.29, 1.82) is 0 Å². The number of nitro groups is 1. The van der Waals surface area contributed by atoms with E-state index in [1.807, 2.05) is 0 Å². The number of carbonyl (C=O) groups is 2. The normalized spacial score (nSPS) is 10.2. The molecule has 0 atom stereocenters. The Kier molecular flexibility index (Phi) is 4.35. The Morgan fingerprint density at radius 3 is 2.30 bits per heavy atom. The van der Waals surface area contributed by atoms with Gasteiger partial charge in [-0.1, -0.05) is 0 Å². The number of carboxylic acid groups (broad SMARTS) is 1. The molecule has 0 aromatic heterocycles. The van der Waals surface area contributed by atoms with E-state index in [1.54, 1.807) is 0 Å². The summed E-state index contributed by atoms with van der Waals surface area (Å²) in [4.78, 5) is 34.5. The number of halogens is 1. The van der Waals surface area contributed by atoms with Crippen molar-refractivity contribution in [3.8, 4) is 0 Å². The van der Waals surface area contributed by atoms with Crippen LogP contribution in [0.5, 0.6) is 0 Å². The van der Waals surface area contributed by atoms with Gasteiger partial charge in [0.2, 0.25) is 0 Å². The molecule has 0 heterocycles. The van der Waals surface area contributed by atoms with Crippen molar-refractivity contribution in [2.75, 3.05) is 11.9 Å². The molecular formula is C15H11FN2O5. The van der Waals surface area contributed by atoms with Crippen molar-refractivity contribution >= 4 is 23.3 Å². The highest BCUT2D eigenvalue weighted by atomic mass is 19.1. The number of anilines is 1. The Labute approximate surface area is 129 Å². The number of benzene rings is 2. The summed E-state index contributed by atoms with van der Waals surface area (Å²) in [5, 5.41) is 19.9. The van der Waals surface area contributed by atoms with E-state index in [9.17, 15) is 24.1 Å². The summed E-state index contributed by atoms with van der Waals surface area (Å²) in [6.45, 7) is 0. The first kappa shape index (κ1) is 16.1. The van der Waals surface area contributed by atoms with Crippen molar-refractivity contribution < 1.29 is 24.0 Å². The third-order valence-corrected chi connectivity index (χ3v) is 3.19. The monoisotopic (exact) mass is 318 g/mol. The summed E-state index contributed by atoms with van der Waals surface area (Å²) in [7, 11) is 1.38. The second-order valence-corrected chi connectivity index (χ2v) is 4.63. The second kappa shape index (κ2) is 6.22. The lowest BCUT2D eigenvalue weighted by atomic mass is 10.1. The molecule has 0 saturated carbocycles. The maximum atomic E-state index is 12.9. The first-order valence-corrected chi connectivity index (χ1v) is 6.36. The maximum Gasteiger partial charge on any atom is 0.342 e. The van der Waals surface area contributed by atoms with Crippen molar-refractivity contribution in [3.05, 3.63) is 69.5 Å². The van der Waals surface area contributed by atoms with E-state index < -0.39 is 33.9 Å². The van der Waals surface area contributed by atoms with Crippen molar-refractivity contribution in [2.45, 2.75) is 0 Å². The molecule has 23 heavy (non-hydrogen) atoms. The fraction of sp³-hybridized carbons (Fsp3) is 0.0667. The van der Waals surface area contributed by atoms with Gasteiger partial charge < -0.3 is 10.0 Å². The molecule has 0 aliphatic heterocycles. The third-order valence-electron chi connectivity index (χ3n) is 3.19. The molecule has 0 unspecified atom stereocenters. The SMILES string of the molecule is CN(C(=O)c1ccc(F)cc1)c1ccc(C(=O)O)c([N+](=O)[O-])c1. The number of carbonyl (C=O) groups excluding carboxylic acids is 1. The number of hydrogen-bond acceptors (Lipinski definition) is 4. The Morgan fingerprint density at radius 2 is 1.78 bits per heavy atom.